The lowest BCUT2D eigenvalue weighted by atomic mass is 9.86. The molecular formula is C23H22Cl2F3N3O3. The average molecular weight is 516 g/mol. The quantitative estimate of drug-likeness (QED) is 0.559. The van der Waals surface area contributed by atoms with Crippen molar-refractivity contribution in [1.82, 2.24) is 10.6 Å². The molecule has 1 atom stereocenters. The van der Waals surface area contributed by atoms with E-state index in [-0.39, 0.29) is 45.4 Å². The highest BCUT2D eigenvalue weighted by Gasteiger charge is 2.62. The number of rotatable bonds is 6. The molecule has 0 bridgehead atoms. The minimum absolute atomic E-state index is 0.0384. The number of carbonyl (C=O) groups is 2. The lowest BCUT2D eigenvalue weighted by Gasteiger charge is -2.29. The molecule has 1 heterocycles. The van der Waals surface area contributed by atoms with Crippen LogP contribution in [0.4, 0.5) is 13.2 Å². The van der Waals surface area contributed by atoms with Crippen molar-refractivity contribution < 1.29 is 27.6 Å². The van der Waals surface area contributed by atoms with Crippen molar-refractivity contribution in [3.8, 4) is 0 Å². The Balaban J connectivity index is 1.81. The first-order valence-electron chi connectivity index (χ1n) is 10.3. The minimum Gasteiger partial charge on any atom is -0.374 e. The molecule has 0 radical (unpaired) electrons. The number of nitrogens with one attached hydrogen (secondary N) is 2. The lowest BCUT2D eigenvalue weighted by molar-refractivity contribution is -0.275. The molecule has 0 aromatic heterocycles. The number of carbonyl (C=O) groups excluding carboxylic acids is 2. The molecule has 182 valence electrons. The molecule has 6 nitrogen and oxygen atoms in total. The summed E-state index contributed by atoms with van der Waals surface area (Å²) >= 11 is 11.8. The van der Waals surface area contributed by atoms with Crippen LogP contribution in [0.15, 0.2) is 41.6 Å². The van der Waals surface area contributed by atoms with Gasteiger partial charge >= 0.3 is 6.18 Å². The highest BCUT2D eigenvalue weighted by atomic mass is 35.5. The third kappa shape index (κ3) is 5.47. The number of oxime groups is 1. The van der Waals surface area contributed by atoms with Crippen molar-refractivity contribution >= 4 is 40.7 Å². The number of amides is 2. The first-order valence-corrected chi connectivity index (χ1v) is 11.0. The molecule has 1 aliphatic rings. The van der Waals surface area contributed by atoms with Crippen LogP contribution in [0.3, 0.4) is 0 Å². The normalized spacial score (nSPS) is 17.9. The van der Waals surface area contributed by atoms with E-state index in [2.05, 4.69) is 15.8 Å². The molecule has 34 heavy (non-hydrogen) atoms. The third-order valence-electron chi connectivity index (χ3n) is 5.18. The number of alkyl halides is 3. The van der Waals surface area contributed by atoms with Crippen LogP contribution in [-0.2, 0) is 15.2 Å². The van der Waals surface area contributed by atoms with Gasteiger partial charge < -0.3 is 15.5 Å². The minimum atomic E-state index is -4.81. The molecule has 0 saturated carbocycles. The van der Waals surface area contributed by atoms with Crippen LogP contribution < -0.4 is 10.6 Å². The van der Waals surface area contributed by atoms with Gasteiger partial charge in [0.1, 0.15) is 0 Å². The summed E-state index contributed by atoms with van der Waals surface area (Å²) in [6.07, 6.45) is -5.41. The van der Waals surface area contributed by atoms with E-state index in [4.69, 9.17) is 28.0 Å². The summed E-state index contributed by atoms with van der Waals surface area (Å²) in [7, 11) is 0. The first kappa shape index (κ1) is 25.8. The summed E-state index contributed by atoms with van der Waals surface area (Å²) < 4.78 is 42.5. The second kappa shape index (κ2) is 9.84. The van der Waals surface area contributed by atoms with E-state index in [0.717, 1.165) is 12.1 Å². The van der Waals surface area contributed by atoms with Gasteiger partial charge in [-0.2, -0.15) is 13.2 Å². The lowest BCUT2D eigenvalue weighted by Crippen LogP contribution is -2.42. The van der Waals surface area contributed by atoms with Crippen LogP contribution in [0.1, 0.15) is 47.3 Å². The Morgan fingerprint density at radius 2 is 1.79 bits per heavy atom. The molecule has 0 spiro atoms. The molecule has 2 amide bonds. The maximum absolute atomic E-state index is 14.2. The Labute approximate surface area is 204 Å². The first-order chi connectivity index (χ1) is 15.8. The predicted molar refractivity (Wildman–Crippen MR) is 123 cm³/mol. The van der Waals surface area contributed by atoms with E-state index in [1.165, 1.54) is 18.2 Å². The van der Waals surface area contributed by atoms with E-state index in [0.29, 0.717) is 11.1 Å². The second-order valence-corrected chi connectivity index (χ2v) is 9.10. The second-order valence-electron chi connectivity index (χ2n) is 8.22. The fourth-order valence-electron chi connectivity index (χ4n) is 3.57. The smallest absolute Gasteiger partial charge is 0.374 e. The zero-order valence-corrected chi connectivity index (χ0v) is 20.0. The van der Waals surface area contributed by atoms with Gasteiger partial charge in [0.25, 0.3) is 11.5 Å². The third-order valence-corrected chi connectivity index (χ3v) is 5.61. The molecule has 0 saturated heterocycles. The largest absolute Gasteiger partial charge is 0.435 e. The maximum atomic E-state index is 14.2. The summed E-state index contributed by atoms with van der Waals surface area (Å²) in [6.45, 7) is 5.03. The number of benzene rings is 2. The molecule has 0 fully saturated rings. The van der Waals surface area contributed by atoms with Gasteiger partial charge in [0.2, 0.25) is 5.91 Å². The van der Waals surface area contributed by atoms with E-state index in [1.54, 1.807) is 26.8 Å². The molecule has 1 unspecified atom stereocenters. The van der Waals surface area contributed by atoms with Crippen molar-refractivity contribution in [1.29, 1.82) is 0 Å². The Kier molecular flexibility index (Phi) is 7.47. The van der Waals surface area contributed by atoms with Gasteiger partial charge in [0.15, 0.2) is 0 Å². The fraction of sp³-hybridized carbons (Fsp3) is 0.348. The number of halogens is 5. The van der Waals surface area contributed by atoms with Crippen LogP contribution in [0.25, 0.3) is 0 Å². The Bertz CT molecular complexity index is 1130. The maximum Gasteiger partial charge on any atom is 0.435 e. The van der Waals surface area contributed by atoms with Crippen LogP contribution in [-0.4, -0.2) is 36.3 Å². The molecule has 2 aromatic rings. The highest BCUT2D eigenvalue weighted by molar-refractivity contribution is 6.34. The van der Waals surface area contributed by atoms with E-state index < -0.39 is 24.1 Å². The van der Waals surface area contributed by atoms with E-state index in [1.807, 2.05) is 0 Å². The Morgan fingerprint density at radius 1 is 1.15 bits per heavy atom. The summed E-state index contributed by atoms with van der Waals surface area (Å²) in [5.74, 6) is -0.814. The summed E-state index contributed by atoms with van der Waals surface area (Å²) in [5, 5.41) is 8.98. The van der Waals surface area contributed by atoms with Gasteiger partial charge in [0, 0.05) is 33.6 Å². The topological polar surface area (TPSA) is 79.8 Å². The fourth-order valence-corrected chi connectivity index (χ4v) is 4.10. The monoisotopic (exact) mass is 515 g/mol. The zero-order valence-electron chi connectivity index (χ0n) is 18.5. The molecule has 2 N–H and O–H groups in total. The number of nitrogens with zero attached hydrogens (tertiary/aromatic N) is 1. The highest BCUT2D eigenvalue weighted by Crippen LogP contribution is 2.49. The van der Waals surface area contributed by atoms with Gasteiger partial charge in [-0.05, 0) is 62.2 Å². The van der Waals surface area contributed by atoms with Crippen LogP contribution in [0, 0.1) is 6.92 Å². The summed E-state index contributed by atoms with van der Waals surface area (Å²) in [5.41, 5.74) is -1.80. The number of hydrogen-bond donors (Lipinski definition) is 2. The number of hydrogen-bond acceptors (Lipinski definition) is 4. The van der Waals surface area contributed by atoms with Crippen molar-refractivity contribution in [3.05, 3.63) is 68.7 Å². The van der Waals surface area contributed by atoms with Gasteiger partial charge in [-0.1, -0.05) is 34.4 Å². The van der Waals surface area contributed by atoms with Gasteiger partial charge in [0.05, 0.1) is 12.3 Å². The Morgan fingerprint density at radius 3 is 2.35 bits per heavy atom. The van der Waals surface area contributed by atoms with Gasteiger partial charge in [-0.3, -0.25) is 9.59 Å². The molecule has 0 aliphatic carbocycles. The molecule has 3 rings (SSSR count). The van der Waals surface area contributed by atoms with Crippen molar-refractivity contribution in [3.63, 3.8) is 0 Å². The summed E-state index contributed by atoms with van der Waals surface area (Å²) in [4.78, 5) is 29.2. The van der Waals surface area contributed by atoms with Gasteiger partial charge in [-0.25, -0.2) is 0 Å². The summed E-state index contributed by atoms with van der Waals surface area (Å²) in [6, 6.07) is 8.05. The van der Waals surface area contributed by atoms with Crippen molar-refractivity contribution in [2.75, 3.05) is 6.54 Å². The predicted octanol–water partition coefficient (Wildman–Crippen LogP) is 5.14. The van der Waals surface area contributed by atoms with Crippen molar-refractivity contribution in [2.45, 2.75) is 45.0 Å². The number of aryl methyl sites for hydroxylation is 1. The van der Waals surface area contributed by atoms with Crippen LogP contribution in [0.2, 0.25) is 10.0 Å². The molecular weight excluding hydrogens is 494 g/mol. The molecule has 1 aliphatic heterocycles. The van der Waals surface area contributed by atoms with Crippen LogP contribution >= 0.6 is 23.2 Å². The molecule has 2 aromatic carbocycles. The zero-order chi connectivity index (χ0) is 25.3. The molecule has 11 heteroatoms. The van der Waals surface area contributed by atoms with Gasteiger partial charge in [-0.15, -0.1) is 0 Å². The standard InChI is InChI=1S/C23H22Cl2F3N3O3/c1-12(2)30-20(32)11-29-21(33)18-5-4-14(6-13(18)3)19-10-22(34-31-19,23(26,27)28)15-7-16(24)9-17(25)8-15/h4-9,12H,10-11H2,1-3H3,(H,29,33)(H,30,32). The Hall–Kier alpha value is -2.78. The SMILES string of the molecule is Cc1cc(C2=NOC(c3cc(Cl)cc(Cl)c3)(C(F)(F)F)C2)ccc1C(=O)NCC(=O)NC(C)C. The van der Waals surface area contributed by atoms with Crippen LogP contribution in [0.5, 0.6) is 0 Å². The van der Waals surface area contributed by atoms with Crippen molar-refractivity contribution in [2.24, 2.45) is 5.16 Å². The van der Waals surface area contributed by atoms with E-state index in [9.17, 15) is 22.8 Å². The average Bonchev–Trinajstić information content (AvgIpc) is 3.18. The van der Waals surface area contributed by atoms with E-state index >= 15 is 0 Å².